The van der Waals surface area contributed by atoms with Gasteiger partial charge in [-0.15, -0.1) is 0 Å². The Morgan fingerprint density at radius 2 is 1.87 bits per heavy atom. The van der Waals surface area contributed by atoms with E-state index in [-0.39, 0.29) is 24.4 Å². The van der Waals surface area contributed by atoms with Crippen LogP contribution in [0.5, 0.6) is 0 Å². The van der Waals surface area contributed by atoms with Gasteiger partial charge in [0.15, 0.2) is 23.2 Å². The van der Waals surface area contributed by atoms with Crippen molar-refractivity contribution in [3.05, 3.63) is 49.1 Å². The first kappa shape index (κ1) is 32.8. The second-order valence-corrected chi connectivity index (χ2v) is 13.6. The normalized spacial score (nSPS) is 20.9. The summed E-state index contributed by atoms with van der Waals surface area (Å²) in [5, 5.41) is 34.8. The Labute approximate surface area is 263 Å². The molecule has 0 spiro atoms. The second kappa shape index (κ2) is 13.8. The molecule has 0 saturated carbocycles. The van der Waals surface area contributed by atoms with Crippen LogP contribution in [0.3, 0.4) is 0 Å². The molecule has 45 heavy (non-hydrogen) atoms. The largest absolute Gasteiger partial charge is 0.480 e. The number of carboxylic acid groups (broad SMARTS) is 1. The fourth-order valence-electron chi connectivity index (χ4n) is 5.13. The average Bonchev–Trinajstić information content (AvgIpc) is 3.57. The molecule has 1 fully saturated rings. The zero-order valence-electron chi connectivity index (χ0n) is 24.6. The van der Waals surface area contributed by atoms with Crippen LogP contribution >= 0.6 is 11.8 Å². The molecule has 15 nitrogen and oxygen atoms in total. The highest BCUT2D eigenvalue weighted by molar-refractivity contribution is 7.99. The Morgan fingerprint density at radius 3 is 2.62 bits per heavy atom. The number of imidazole rings is 1. The summed E-state index contributed by atoms with van der Waals surface area (Å²) in [6.45, 7) is 0.254. The lowest BCUT2D eigenvalue weighted by Gasteiger charge is -2.17. The fourth-order valence-corrected chi connectivity index (χ4v) is 7.48. The van der Waals surface area contributed by atoms with E-state index in [9.17, 15) is 23.4 Å². The lowest BCUT2D eigenvalue weighted by Crippen LogP contribution is -2.33. The fraction of sp³-hybridized carbons (Fsp3) is 0.429. The van der Waals surface area contributed by atoms with Crippen molar-refractivity contribution in [2.45, 2.75) is 41.9 Å². The van der Waals surface area contributed by atoms with Crippen LogP contribution in [0.4, 0.5) is 11.5 Å². The van der Waals surface area contributed by atoms with Gasteiger partial charge < -0.3 is 36.0 Å². The molecular weight excluding hydrogens is 624 g/mol. The van der Waals surface area contributed by atoms with Crippen LogP contribution in [0.15, 0.2) is 53.9 Å². The number of nitrogens with one attached hydrogen (secondary N) is 2. The summed E-state index contributed by atoms with van der Waals surface area (Å²) in [5.74, 6) is 0.0498. The zero-order valence-corrected chi connectivity index (χ0v) is 26.3. The van der Waals surface area contributed by atoms with Gasteiger partial charge in [0, 0.05) is 49.4 Å². The first-order valence-corrected chi connectivity index (χ1v) is 16.8. The van der Waals surface area contributed by atoms with Crippen LogP contribution < -0.4 is 20.7 Å². The maximum Gasteiger partial charge on any atom is 0.320 e. The van der Waals surface area contributed by atoms with Crippen molar-refractivity contribution < 1.29 is 33.3 Å². The summed E-state index contributed by atoms with van der Waals surface area (Å²) in [5.41, 5.74) is 7.16. The quantitative estimate of drug-likeness (QED) is 0.102. The third kappa shape index (κ3) is 6.99. The first-order chi connectivity index (χ1) is 21.5. The summed E-state index contributed by atoms with van der Waals surface area (Å²) in [6.07, 6.45) is -1.14. The average molecular weight is 661 g/mol. The minimum absolute atomic E-state index is 0.0612. The number of aliphatic carboxylic acids is 1. The minimum Gasteiger partial charge on any atom is -0.480 e. The lowest BCUT2D eigenvalue weighted by molar-refractivity contribution is -0.138. The van der Waals surface area contributed by atoms with Gasteiger partial charge in [-0.2, -0.15) is 11.8 Å². The van der Waals surface area contributed by atoms with Crippen LogP contribution in [-0.4, -0.2) is 112 Å². The summed E-state index contributed by atoms with van der Waals surface area (Å²) in [7, 11) is -0.0208. The molecule has 2 aromatic heterocycles. The van der Waals surface area contributed by atoms with Gasteiger partial charge in [-0.1, -0.05) is 24.3 Å². The van der Waals surface area contributed by atoms with Gasteiger partial charge in [0.05, 0.1) is 17.3 Å². The van der Waals surface area contributed by atoms with Crippen molar-refractivity contribution in [1.29, 1.82) is 0 Å². The maximum absolute atomic E-state index is 13.2. The molecule has 0 amide bonds. The van der Waals surface area contributed by atoms with Gasteiger partial charge in [-0.25, -0.2) is 28.1 Å². The Morgan fingerprint density at radius 1 is 1.11 bits per heavy atom. The van der Waals surface area contributed by atoms with Crippen molar-refractivity contribution in [2.75, 3.05) is 48.9 Å². The van der Waals surface area contributed by atoms with Crippen molar-refractivity contribution in [1.82, 2.24) is 24.2 Å². The van der Waals surface area contributed by atoms with E-state index in [0.29, 0.717) is 33.9 Å². The standard InChI is InChI=1S/C28H36N8O7S2/c1-35(2)19-7-3-6-17-16(19)5-4-8-21(17)45(41,42)34-11-10-30-25-22-26(32-14-31-25)36(15-33-22)27-24(38)23(37)20(43-27)13-44-12-9-18(29)28(39)40/h3-8,14-15,18,20,23-24,27,34,37-38H,9-13,29H2,1-2H3,(H,39,40)(H,30,31,32)/t18?,20-,23-,24-,27-/m1/s1. The van der Waals surface area contributed by atoms with Gasteiger partial charge >= 0.3 is 5.97 Å². The molecule has 242 valence electrons. The predicted molar refractivity (Wildman–Crippen MR) is 171 cm³/mol. The van der Waals surface area contributed by atoms with E-state index in [2.05, 4.69) is 25.0 Å². The van der Waals surface area contributed by atoms with E-state index in [1.807, 2.05) is 37.2 Å². The first-order valence-electron chi connectivity index (χ1n) is 14.2. The summed E-state index contributed by atoms with van der Waals surface area (Å²) >= 11 is 1.37. The van der Waals surface area contributed by atoms with Gasteiger partial charge in [0.25, 0.3) is 0 Å². The van der Waals surface area contributed by atoms with E-state index < -0.39 is 46.6 Å². The smallest absolute Gasteiger partial charge is 0.320 e. The minimum atomic E-state index is -3.83. The van der Waals surface area contributed by atoms with Gasteiger partial charge in [-0.3, -0.25) is 9.36 Å². The Kier molecular flexibility index (Phi) is 10.1. The topological polar surface area (TPSA) is 218 Å². The number of aliphatic hydroxyl groups is 2. The number of thioether (sulfide) groups is 1. The highest BCUT2D eigenvalue weighted by Gasteiger charge is 2.44. The van der Waals surface area contributed by atoms with Gasteiger partial charge in [0.2, 0.25) is 10.0 Å². The third-order valence-electron chi connectivity index (χ3n) is 7.48. The number of carbonyl (C=O) groups is 1. The molecule has 17 heteroatoms. The van der Waals surface area contributed by atoms with Crippen molar-refractivity contribution in [3.8, 4) is 0 Å². The van der Waals surface area contributed by atoms with E-state index in [0.717, 1.165) is 11.1 Å². The number of hydrogen-bond donors (Lipinski definition) is 6. The monoisotopic (exact) mass is 660 g/mol. The van der Waals surface area contributed by atoms with Crippen LogP contribution in [-0.2, 0) is 19.6 Å². The van der Waals surface area contributed by atoms with Crippen LogP contribution in [0.1, 0.15) is 12.6 Å². The molecule has 1 aliphatic rings. The van der Waals surface area contributed by atoms with Gasteiger partial charge in [0.1, 0.15) is 24.6 Å². The SMILES string of the molecule is CN(C)c1cccc2c(S(=O)(=O)NCCNc3ncnc4c3ncn4[C@@H]3O[C@H](CSCCC(N)C(=O)O)[C@@H](O)[C@H]3O)cccc12. The molecule has 1 saturated heterocycles. The van der Waals surface area contributed by atoms with E-state index in [1.54, 1.807) is 18.2 Å². The number of nitrogens with two attached hydrogens (primary N) is 1. The van der Waals surface area contributed by atoms with Crippen molar-refractivity contribution >= 4 is 61.2 Å². The number of ether oxygens (including phenoxy) is 1. The summed E-state index contributed by atoms with van der Waals surface area (Å²) < 4.78 is 36.6. The predicted octanol–water partition coefficient (Wildman–Crippen LogP) is 0.590. The highest BCUT2D eigenvalue weighted by Crippen LogP contribution is 2.34. The number of sulfonamides is 1. The van der Waals surface area contributed by atoms with Crippen LogP contribution in [0.2, 0.25) is 0 Å². The number of aromatic nitrogens is 4. The highest BCUT2D eigenvalue weighted by atomic mass is 32.2. The lowest BCUT2D eigenvalue weighted by atomic mass is 10.1. The number of aliphatic hydroxyl groups excluding tert-OH is 2. The van der Waals surface area contributed by atoms with Crippen LogP contribution in [0.25, 0.3) is 21.9 Å². The second-order valence-electron chi connectivity index (χ2n) is 10.7. The Balaban J connectivity index is 1.21. The van der Waals surface area contributed by atoms with Crippen LogP contribution in [0, 0.1) is 0 Å². The number of anilines is 2. The van der Waals surface area contributed by atoms with E-state index in [4.69, 9.17) is 15.6 Å². The third-order valence-corrected chi connectivity index (χ3v) is 10.1. The molecule has 0 aliphatic carbocycles. The molecule has 2 aromatic carbocycles. The van der Waals surface area contributed by atoms with Crippen molar-refractivity contribution in [2.24, 2.45) is 5.73 Å². The number of hydrogen-bond acceptors (Lipinski definition) is 13. The van der Waals surface area contributed by atoms with E-state index >= 15 is 0 Å². The molecule has 4 aromatic rings. The Bertz CT molecular complexity index is 1770. The number of carboxylic acids is 1. The molecule has 5 rings (SSSR count). The molecule has 1 aliphatic heterocycles. The molecule has 1 unspecified atom stereocenters. The number of benzene rings is 2. The molecule has 7 N–H and O–H groups in total. The zero-order chi connectivity index (χ0) is 32.3. The molecule has 3 heterocycles. The molecule has 5 atom stereocenters. The van der Waals surface area contributed by atoms with E-state index in [1.165, 1.54) is 29.0 Å². The van der Waals surface area contributed by atoms with Gasteiger partial charge in [-0.05, 0) is 24.3 Å². The number of nitrogens with zero attached hydrogens (tertiary/aromatic N) is 5. The number of fused-ring (bicyclic) bond motifs is 2. The molecular formula is C28H36N8O7S2. The maximum atomic E-state index is 13.2. The molecule has 0 bridgehead atoms. The Hall–Kier alpha value is -3.58. The summed E-state index contributed by atoms with van der Waals surface area (Å²) in [6, 6.07) is 9.77. The van der Waals surface area contributed by atoms with Crippen molar-refractivity contribution in [3.63, 3.8) is 0 Å². The summed E-state index contributed by atoms with van der Waals surface area (Å²) in [4.78, 5) is 25.9. The molecule has 0 radical (unpaired) electrons. The number of rotatable bonds is 14.